The first-order valence-electron chi connectivity index (χ1n) is 6.53. The van der Waals surface area contributed by atoms with Crippen LogP contribution in [-0.4, -0.2) is 42.0 Å². The van der Waals surface area contributed by atoms with E-state index in [-0.39, 0.29) is 16.6 Å². The summed E-state index contributed by atoms with van der Waals surface area (Å²) in [6, 6.07) is 1.61. The topological polar surface area (TPSA) is 70.5 Å². The van der Waals surface area contributed by atoms with Crippen molar-refractivity contribution in [1.29, 1.82) is 0 Å². The summed E-state index contributed by atoms with van der Waals surface area (Å²) >= 11 is 1.44. The highest BCUT2D eigenvalue weighted by Crippen LogP contribution is 2.35. The summed E-state index contributed by atoms with van der Waals surface area (Å²) in [7, 11) is 3.08. The molecule has 0 aliphatic carbocycles. The summed E-state index contributed by atoms with van der Waals surface area (Å²) in [6.07, 6.45) is 0. The van der Waals surface area contributed by atoms with Crippen LogP contribution in [0.15, 0.2) is 11.2 Å². The molecule has 0 aliphatic heterocycles. The van der Waals surface area contributed by atoms with E-state index in [1.807, 2.05) is 0 Å². The van der Waals surface area contributed by atoms with E-state index >= 15 is 0 Å². The van der Waals surface area contributed by atoms with Crippen LogP contribution in [-0.2, 0) is 9.53 Å². The highest BCUT2D eigenvalue weighted by Gasteiger charge is 2.28. The van der Waals surface area contributed by atoms with Crippen LogP contribution in [0, 0.1) is 5.41 Å². The van der Waals surface area contributed by atoms with Crippen molar-refractivity contribution in [2.45, 2.75) is 38.1 Å². The molecule has 7 heteroatoms. The standard InChI is InChI=1S/C14H22N2O4S/c1-9(17)20-8-10(14(2,3)4)21-13-15-11(18-5)7-12(16-13)19-6/h7,10H,8H2,1-6H3. The molecule has 1 aromatic heterocycles. The van der Waals surface area contributed by atoms with Crippen molar-refractivity contribution in [2.24, 2.45) is 5.41 Å². The normalized spacial score (nSPS) is 12.7. The van der Waals surface area contributed by atoms with Crippen molar-refractivity contribution in [3.8, 4) is 11.8 Å². The Kier molecular flexibility index (Phi) is 6.26. The van der Waals surface area contributed by atoms with Crippen LogP contribution in [0.4, 0.5) is 0 Å². The molecule has 1 rings (SSSR count). The molecule has 1 heterocycles. The molecule has 118 valence electrons. The number of hydrogen-bond acceptors (Lipinski definition) is 7. The van der Waals surface area contributed by atoms with E-state index in [0.29, 0.717) is 23.5 Å². The molecule has 0 fully saturated rings. The van der Waals surface area contributed by atoms with Crippen LogP contribution in [0.5, 0.6) is 11.8 Å². The van der Waals surface area contributed by atoms with Gasteiger partial charge in [0.2, 0.25) is 11.8 Å². The summed E-state index contributed by atoms with van der Waals surface area (Å²) in [5.74, 6) is 0.572. The second kappa shape index (κ2) is 7.49. The quantitative estimate of drug-likeness (QED) is 0.454. The fourth-order valence-electron chi connectivity index (χ4n) is 1.43. The molecule has 0 aliphatic rings. The number of aromatic nitrogens is 2. The predicted molar refractivity (Wildman–Crippen MR) is 80.9 cm³/mol. The third-order valence-corrected chi connectivity index (χ3v) is 4.25. The molecule has 1 atom stereocenters. The van der Waals surface area contributed by atoms with E-state index in [9.17, 15) is 4.79 Å². The molecule has 0 amide bonds. The van der Waals surface area contributed by atoms with Gasteiger partial charge in [0.15, 0.2) is 5.16 Å². The lowest BCUT2D eigenvalue weighted by atomic mass is 9.92. The highest BCUT2D eigenvalue weighted by molar-refractivity contribution is 7.99. The zero-order valence-electron chi connectivity index (χ0n) is 13.3. The summed E-state index contributed by atoms with van der Waals surface area (Å²) in [5.41, 5.74) is -0.0835. The largest absolute Gasteiger partial charge is 0.481 e. The zero-order valence-corrected chi connectivity index (χ0v) is 14.1. The van der Waals surface area contributed by atoms with Gasteiger partial charge in [0.25, 0.3) is 0 Å². The third kappa shape index (κ3) is 5.79. The van der Waals surface area contributed by atoms with Crippen molar-refractivity contribution in [3.63, 3.8) is 0 Å². The minimum absolute atomic E-state index is 0.0122. The van der Waals surface area contributed by atoms with E-state index < -0.39 is 0 Å². The first kappa shape index (κ1) is 17.6. The molecule has 0 aromatic carbocycles. The van der Waals surface area contributed by atoms with Crippen LogP contribution < -0.4 is 9.47 Å². The van der Waals surface area contributed by atoms with Gasteiger partial charge in [-0.2, -0.15) is 9.97 Å². The molecule has 21 heavy (non-hydrogen) atoms. The molecule has 0 saturated carbocycles. The fraction of sp³-hybridized carbons (Fsp3) is 0.643. The highest BCUT2D eigenvalue weighted by atomic mass is 32.2. The lowest BCUT2D eigenvalue weighted by Crippen LogP contribution is -2.29. The van der Waals surface area contributed by atoms with Crippen molar-refractivity contribution < 1.29 is 19.0 Å². The van der Waals surface area contributed by atoms with E-state index in [4.69, 9.17) is 14.2 Å². The average Bonchev–Trinajstić information content (AvgIpc) is 2.41. The van der Waals surface area contributed by atoms with E-state index in [2.05, 4.69) is 30.7 Å². The second-order valence-corrected chi connectivity index (χ2v) is 6.68. The van der Waals surface area contributed by atoms with Gasteiger partial charge in [0.05, 0.1) is 25.5 Å². The number of rotatable bonds is 6. The van der Waals surface area contributed by atoms with Crippen LogP contribution in [0.1, 0.15) is 27.7 Å². The second-order valence-electron chi connectivity index (χ2n) is 5.51. The predicted octanol–water partition coefficient (Wildman–Crippen LogP) is 2.56. The summed E-state index contributed by atoms with van der Waals surface area (Å²) < 4.78 is 15.4. The Hall–Kier alpha value is -1.50. The molecule has 0 spiro atoms. The van der Waals surface area contributed by atoms with Crippen LogP contribution in [0.3, 0.4) is 0 Å². The number of ether oxygens (including phenoxy) is 3. The van der Waals surface area contributed by atoms with Crippen LogP contribution in [0.25, 0.3) is 0 Å². The van der Waals surface area contributed by atoms with E-state index in [1.54, 1.807) is 6.07 Å². The third-order valence-electron chi connectivity index (χ3n) is 2.73. The minimum Gasteiger partial charge on any atom is -0.481 e. The molecular formula is C14H22N2O4S. The molecule has 0 saturated heterocycles. The average molecular weight is 314 g/mol. The Morgan fingerprint density at radius 2 is 1.76 bits per heavy atom. The number of hydrogen-bond donors (Lipinski definition) is 0. The molecule has 1 unspecified atom stereocenters. The maximum atomic E-state index is 11.0. The van der Waals surface area contributed by atoms with E-state index in [1.165, 1.54) is 32.9 Å². The monoisotopic (exact) mass is 314 g/mol. The lowest BCUT2D eigenvalue weighted by molar-refractivity contribution is -0.141. The molecule has 0 N–H and O–H groups in total. The van der Waals surface area contributed by atoms with Gasteiger partial charge in [0.1, 0.15) is 6.61 Å². The molecule has 0 radical (unpaired) electrons. The molecule has 0 bridgehead atoms. The first-order valence-corrected chi connectivity index (χ1v) is 7.41. The number of carbonyl (C=O) groups is 1. The maximum absolute atomic E-state index is 11.0. The summed E-state index contributed by atoms with van der Waals surface area (Å²) in [4.78, 5) is 19.6. The van der Waals surface area contributed by atoms with Gasteiger partial charge in [-0.1, -0.05) is 32.5 Å². The molecular weight excluding hydrogens is 292 g/mol. The van der Waals surface area contributed by atoms with Crippen molar-refractivity contribution in [1.82, 2.24) is 9.97 Å². The van der Waals surface area contributed by atoms with Crippen LogP contribution in [0.2, 0.25) is 0 Å². The van der Waals surface area contributed by atoms with Crippen molar-refractivity contribution in [2.75, 3.05) is 20.8 Å². The summed E-state index contributed by atoms with van der Waals surface area (Å²) in [6.45, 7) is 7.92. The van der Waals surface area contributed by atoms with Gasteiger partial charge in [-0.25, -0.2) is 0 Å². The van der Waals surface area contributed by atoms with Gasteiger partial charge in [-0.15, -0.1) is 0 Å². The van der Waals surface area contributed by atoms with Gasteiger partial charge in [-0.05, 0) is 5.41 Å². The van der Waals surface area contributed by atoms with Gasteiger partial charge in [0, 0.05) is 6.92 Å². The number of esters is 1. The van der Waals surface area contributed by atoms with Crippen LogP contribution >= 0.6 is 11.8 Å². The summed E-state index contributed by atoms with van der Waals surface area (Å²) in [5, 5.41) is 0.538. The zero-order chi connectivity index (χ0) is 16.0. The van der Waals surface area contributed by atoms with Gasteiger partial charge in [-0.3, -0.25) is 4.79 Å². The smallest absolute Gasteiger partial charge is 0.302 e. The maximum Gasteiger partial charge on any atom is 0.302 e. The number of carbonyl (C=O) groups excluding carboxylic acids is 1. The number of nitrogens with zero attached hydrogens (tertiary/aromatic N) is 2. The Balaban J connectivity index is 2.94. The first-order chi connectivity index (χ1) is 9.76. The molecule has 6 nitrogen and oxygen atoms in total. The Morgan fingerprint density at radius 1 is 1.24 bits per heavy atom. The van der Waals surface area contributed by atoms with E-state index in [0.717, 1.165) is 0 Å². The van der Waals surface area contributed by atoms with Gasteiger partial charge >= 0.3 is 5.97 Å². The van der Waals surface area contributed by atoms with Gasteiger partial charge < -0.3 is 14.2 Å². The van der Waals surface area contributed by atoms with Crippen molar-refractivity contribution >= 4 is 17.7 Å². The Bertz CT molecular complexity index is 466. The fourth-order valence-corrected chi connectivity index (χ4v) is 2.46. The SMILES string of the molecule is COc1cc(OC)nc(SC(COC(C)=O)C(C)(C)C)n1. The Labute approximate surface area is 129 Å². The minimum atomic E-state index is -0.297. The molecule has 1 aromatic rings. The number of thioether (sulfide) groups is 1. The van der Waals surface area contributed by atoms with Crippen molar-refractivity contribution in [3.05, 3.63) is 6.07 Å². The Morgan fingerprint density at radius 3 is 2.14 bits per heavy atom. The number of methoxy groups -OCH3 is 2. The lowest BCUT2D eigenvalue weighted by Gasteiger charge is -2.28.